The van der Waals surface area contributed by atoms with Crippen molar-refractivity contribution in [3.63, 3.8) is 0 Å². The van der Waals surface area contributed by atoms with Gasteiger partial charge in [-0.2, -0.15) is 0 Å². The fourth-order valence-electron chi connectivity index (χ4n) is 3.45. The van der Waals surface area contributed by atoms with Crippen LogP contribution in [0.2, 0.25) is 0 Å². The monoisotopic (exact) mass is 344 g/mol. The third kappa shape index (κ3) is 2.77. The van der Waals surface area contributed by atoms with E-state index in [4.69, 9.17) is 0 Å². The molecule has 120 valence electrons. The summed E-state index contributed by atoms with van der Waals surface area (Å²) in [5.41, 5.74) is 0. The lowest BCUT2D eigenvalue weighted by atomic mass is 10.2. The minimum Gasteiger partial charge on any atom is -0.350 e. The summed E-state index contributed by atoms with van der Waals surface area (Å²) < 4.78 is 3.76. The zero-order valence-corrected chi connectivity index (χ0v) is 14.8. The van der Waals surface area contributed by atoms with Crippen molar-refractivity contribution in [2.24, 2.45) is 0 Å². The number of amides is 1. The highest BCUT2D eigenvalue weighted by Gasteiger charge is 2.23. The Bertz CT molecular complexity index is 851. The first-order valence-corrected chi connectivity index (χ1v) is 9.83. The molecule has 0 saturated carbocycles. The standard InChI is InChI=1S/C18H20N2OS2/c1-2-20-9-5-6-12(20)11-19-18(21)16-10-15-17(23-16)13-7-3-4-8-14(13)22-15/h3-4,7-8,10,12H,2,5-6,9,11H2,1H3,(H,19,21). The SMILES string of the molecule is CCN1CCCC1CNC(=O)c1cc2sc3ccccc3c2s1. The Labute approximate surface area is 143 Å². The van der Waals surface area contributed by atoms with E-state index in [0.29, 0.717) is 6.04 Å². The Morgan fingerprint density at radius 3 is 3.04 bits per heavy atom. The van der Waals surface area contributed by atoms with Crippen LogP contribution in [0.4, 0.5) is 0 Å². The number of carbonyl (C=O) groups is 1. The number of benzene rings is 1. The highest BCUT2D eigenvalue weighted by Crippen LogP contribution is 2.39. The van der Waals surface area contributed by atoms with Gasteiger partial charge in [-0.05, 0) is 38.1 Å². The number of fused-ring (bicyclic) bond motifs is 3. The van der Waals surface area contributed by atoms with E-state index in [1.807, 2.05) is 6.07 Å². The van der Waals surface area contributed by atoms with Crippen molar-refractivity contribution in [1.82, 2.24) is 10.2 Å². The molecule has 1 saturated heterocycles. The Hall–Kier alpha value is -1.43. The van der Waals surface area contributed by atoms with E-state index in [9.17, 15) is 4.79 Å². The predicted octanol–water partition coefficient (Wildman–Crippen LogP) is 4.33. The number of hydrogen-bond acceptors (Lipinski definition) is 4. The van der Waals surface area contributed by atoms with Crippen LogP contribution < -0.4 is 5.32 Å². The van der Waals surface area contributed by atoms with Gasteiger partial charge in [0.1, 0.15) is 0 Å². The lowest BCUT2D eigenvalue weighted by Gasteiger charge is -2.22. The molecule has 3 aromatic rings. The van der Waals surface area contributed by atoms with E-state index < -0.39 is 0 Å². The van der Waals surface area contributed by atoms with Gasteiger partial charge >= 0.3 is 0 Å². The molecule has 0 spiro atoms. The minimum absolute atomic E-state index is 0.0745. The number of nitrogens with one attached hydrogen (secondary N) is 1. The molecule has 1 aliphatic heterocycles. The van der Waals surface area contributed by atoms with Crippen molar-refractivity contribution < 1.29 is 4.79 Å². The van der Waals surface area contributed by atoms with Crippen molar-refractivity contribution in [2.75, 3.05) is 19.6 Å². The van der Waals surface area contributed by atoms with Crippen molar-refractivity contribution in [1.29, 1.82) is 0 Å². The van der Waals surface area contributed by atoms with Crippen LogP contribution in [-0.4, -0.2) is 36.5 Å². The molecular formula is C18H20N2OS2. The van der Waals surface area contributed by atoms with Crippen LogP contribution in [0.1, 0.15) is 29.4 Å². The van der Waals surface area contributed by atoms with Crippen molar-refractivity contribution in [3.05, 3.63) is 35.2 Å². The van der Waals surface area contributed by atoms with E-state index in [1.54, 1.807) is 22.7 Å². The van der Waals surface area contributed by atoms with Crippen molar-refractivity contribution >= 4 is 48.1 Å². The van der Waals surface area contributed by atoms with Gasteiger partial charge in [-0.15, -0.1) is 22.7 Å². The Morgan fingerprint density at radius 2 is 2.17 bits per heavy atom. The average molecular weight is 345 g/mol. The summed E-state index contributed by atoms with van der Waals surface area (Å²) >= 11 is 3.38. The molecule has 0 bridgehead atoms. The molecule has 1 aromatic carbocycles. The molecule has 2 aromatic heterocycles. The maximum Gasteiger partial charge on any atom is 0.261 e. The molecule has 1 N–H and O–H groups in total. The molecule has 0 aliphatic carbocycles. The molecule has 23 heavy (non-hydrogen) atoms. The number of hydrogen-bond donors (Lipinski definition) is 1. The number of likely N-dealkylation sites (N-methyl/N-ethyl adjacent to an activating group) is 1. The quantitative estimate of drug-likeness (QED) is 0.764. The largest absolute Gasteiger partial charge is 0.350 e. The van der Waals surface area contributed by atoms with Crippen molar-refractivity contribution in [2.45, 2.75) is 25.8 Å². The summed E-state index contributed by atoms with van der Waals surface area (Å²) in [7, 11) is 0. The molecular weight excluding hydrogens is 324 g/mol. The molecule has 1 atom stereocenters. The van der Waals surface area contributed by atoms with Crippen LogP contribution in [0.25, 0.3) is 19.5 Å². The van der Waals surface area contributed by atoms with Crippen LogP contribution in [0.5, 0.6) is 0 Å². The fraction of sp³-hybridized carbons (Fsp3) is 0.389. The zero-order valence-electron chi connectivity index (χ0n) is 13.2. The maximum absolute atomic E-state index is 12.5. The van der Waals surface area contributed by atoms with Gasteiger partial charge in [-0.1, -0.05) is 25.1 Å². The Kier molecular flexibility index (Phi) is 4.09. The second-order valence-corrected chi connectivity index (χ2v) is 8.17. The molecule has 3 heterocycles. The minimum atomic E-state index is 0.0745. The van der Waals surface area contributed by atoms with Crippen molar-refractivity contribution in [3.8, 4) is 0 Å². The van der Waals surface area contributed by atoms with Gasteiger partial charge in [0.05, 0.1) is 9.58 Å². The van der Waals surface area contributed by atoms with Gasteiger partial charge in [0.25, 0.3) is 5.91 Å². The third-order valence-electron chi connectivity index (χ3n) is 4.68. The van der Waals surface area contributed by atoms with E-state index in [0.717, 1.165) is 24.5 Å². The molecule has 3 nitrogen and oxygen atoms in total. The first-order chi connectivity index (χ1) is 11.3. The summed E-state index contributed by atoms with van der Waals surface area (Å²) in [6, 6.07) is 11.0. The van der Waals surface area contributed by atoms with Gasteiger partial charge in [-0.25, -0.2) is 0 Å². The van der Waals surface area contributed by atoms with Crippen LogP contribution >= 0.6 is 22.7 Å². The maximum atomic E-state index is 12.5. The van der Waals surface area contributed by atoms with E-state index in [-0.39, 0.29) is 5.91 Å². The van der Waals surface area contributed by atoms with E-state index in [2.05, 4.69) is 41.4 Å². The number of rotatable bonds is 4. The Balaban J connectivity index is 1.51. The average Bonchev–Trinajstić information content (AvgIpc) is 3.25. The fourth-order valence-corrected chi connectivity index (χ4v) is 5.89. The van der Waals surface area contributed by atoms with Gasteiger partial charge in [-0.3, -0.25) is 9.69 Å². The normalized spacial score (nSPS) is 18.9. The molecule has 1 unspecified atom stereocenters. The van der Waals surface area contributed by atoms with E-state index >= 15 is 0 Å². The lowest BCUT2D eigenvalue weighted by Crippen LogP contribution is -2.39. The van der Waals surface area contributed by atoms with Crippen LogP contribution in [0.15, 0.2) is 30.3 Å². The molecule has 1 aliphatic rings. The Morgan fingerprint density at radius 1 is 1.30 bits per heavy atom. The summed E-state index contributed by atoms with van der Waals surface area (Å²) in [4.78, 5) is 15.8. The first kappa shape index (κ1) is 15.1. The lowest BCUT2D eigenvalue weighted by molar-refractivity contribution is 0.0945. The van der Waals surface area contributed by atoms with Gasteiger partial charge in [0.2, 0.25) is 0 Å². The highest BCUT2D eigenvalue weighted by atomic mass is 32.1. The smallest absolute Gasteiger partial charge is 0.261 e. The highest BCUT2D eigenvalue weighted by molar-refractivity contribution is 7.33. The van der Waals surface area contributed by atoms with Crippen LogP contribution in [0, 0.1) is 0 Å². The third-order valence-corrected chi connectivity index (χ3v) is 7.09. The number of carbonyl (C=O) groups excluding carboxylic acids is 1. The molecule has 1 amide bonds. The van der Waals surface area contributed by atoms with Gasteiger partial charge < -0.3 is 5.32 Å². The molecule has 4 rings (SSSR count). The predicted molar refractivity (Wildman–Crippen MR) is 99.8 cm³/mol. The first-order valence-electron chi connectivity index (χ1n) is 8.19. The molecule has 0 radical (unpaired) electrons. The number of likely N-dealkylation sites (tertiary alicyclic amines) is 1. The summed E-state index contributed by atoms with van der Waals surface area (Å²) in [6.45, 7) is 5.19. The number of thiophene rings is 2. The van der Waals surface area contributed by atoms with E-state index in [1.165, 1.54) is 32.3 Å². The molecule has 1 fully saturated rings. The second kappa shape index (κ2) is 6.23. The summed E-state index contributed by atoms with van der Waals surface area (Å²) in [5, 5.41) is 4.41. The summed E-state index contributed by atoms with van der Waals surface area (Å²) in [5.74, 6) is 0.0745. The van der Waals surface area contributed by atoms with Gasteiger partial charge in [0, 0.05) is 27.4 Å². The second-order valence-electron chi connectivity index (χ2n) is 6.04. The van der Waals surface area contributed by atoms with Gasteiger partial charge in [0.15, 0.2) is 0 Å². The topological polar surface area (TPSA) is 32.3 Å². The van der Waals surface area contributed by atoms with Crippen LogP contribution in [0.3, 0.4) is 0 Å². The number of nitrogens with zero attached hydrogens (tertiary/aromatic N) is 1. The zero-order chi connectivity index (χ0) is 15.8. The molecule has 5 heteroatoms. The summed E-state index contributed by atoms with van der Waals surface area (Å²) in [6.07, 6.45) is 2.44. The van der Waals surface area contributed by atoms with Crippen LogP contribution in [-0.2, 0) is 0 Å².